The summed E-state index contributed by atoms with van der Waals surface area (Å²) in [7, 11) is 2.14. The van der Waals surface area contributed by atoms with E-state index in [0.717, 1.165) is 17.8 Å². The minimum Gasteiger partial charge on any atom is -0.483 e. The van der Waals surface area contributed by atoms with Crippen LogP contribution in [0, 0.1) is 5.92 Å². The van der Waals surface area contributed by atoms with E-state index >= 15 is 0 Å². The molecule has 0 bridgehead atoms. The molecule has 1 rings (SSSR count). The molecule has 19 heavy (non-hydrogen) atoms. The summed E-state index contributed by atoms with van der Waals surface area (Å²) in [6.45, 7) is 11.3. The second kappa shape index (κ2) is 6.55. The van der Waals surface area contributed by atoms with Crippen molar-refractivity contribution in [1.29, 1.82) is 0 Å². The number of nitrogens with zero attached hydrogens (tertiary/aromatic N) is 2. The topological polar surface area (TPSA) is 43.2 Å². The van der Waals surface area contributed by atoms with E-state index in [1.54, 1.807) is 14.2 Å². The van der Waals surface area contributed by atoms with Gasteiger partial charge in [-0.05, 0) is 12.0 Å². The lowest BCUT2D eigenvalue weighted by molar-refractivity contribution is 0.335. The fraction of sp³-hybridized carbons (Fsp3) is 0.857. The number of hydrogen-bond donors (Lipinski definition) is 0. The third-order valence-electron chi connectivity index (χ3n) is 3.84. The van der Waals surface area contributed by atoms with Gasteiger partial charge in [0.05, 0.1) is 14.2 Å². The molecule has 1 aliphatic heterocycles. The van der Waals surface area contributed by atoms with Gasteiger partial charge in [0.1, 0.15) is 12.1 Å². The van der Waals surface area contributed by atoms with Gasteiger partial charge in [-0.1, -0.05) is 39.9 Å². The predicted molar refractivity (Wildman–Crippen MR) is 84.1 cm³/mol. The van der Waals surface area contributed by atoms with Gasteiger partial charge >= 0.3 is 0 Å². The van der Waals surface area contributed by atoms with Gasteiger partial charge in [-0.3, -0.25) is 0 Å². The van der Waals surface area contributed by atoms with Crippen LogP contribution in [0.4, 0.5) is 0 Å². The summed E-state index contributed by atoms with van der Waals surface area (Å²) in [4.78, 5) is 9.47. The quantitative estimate of drug-likeness (QED) is 0.744. The zero-order valence-corrected chi connectivity index (χ0v) is 14.4. The van der Waals surface area contributed by atoms with E-state index in [2.05, 4.69) is 33.9 Å². The standard InChI is InChI=1S/C14H28N2O2Si/c1-8-19(6,7)9-11-13(17-4)16-12(10(2)3)14(15-11)18-5/h10-12H,8-9H2,1-7H3. The van der Waals surface area contributed by atoms with E-state index < -0.39 is 8.07 Å². The second-order valence-electron chi connectivity index (χ2n) is 6.27. The van der Waals surface area contributed by atoms with Crippen LogP contribution in [0.2, 0.25) is 25.2 Å². The SMILES string of the molecule is CC[Si](C)(C)CC1N=C(OC)C(C(C)C)N=C1OC. The monoisotopic (exact) mass is 284 g/mol. The Bertz CT molecular complexity index is 364. The summed E-state index contributed by atoms with van der Waals surface area (Å²) in [6, 6.07) is 2.33. The number of ether oxygens (including phenoxy) is 2. The Balaban J connectivity index is 2.98. The van der Waals surface area contributed by atoms with Gasteiger partial charge < -0.3 is 9.47 Å². The van der Waals surface area contributed by atoms with Crippen LogP contribution >= 0.6 is 0 Å². The highest BCUT2D eigenvalue weighted by molar-refractivity contribution is 6.77. The lowest BCUT2D eigenvalue weighted by Crippen LogP contribution is -2.41. The Hall–Kier alpha value is -0.843. The third kappa shape index (κ3) is 4.06. The zero-order chi connectivity index (χ0) is 14.6. The fourth-order valence-corrected chi connectivity index (χ4v) is 3.76. The largest absolute Gasteiger partial charge is 0.483 e. The summed E-state index contributed by atoms with van der Waals surface area (Å²) in [5.74, 6) is 1.89. The van der Waals surface area contributed by atoms with Gasteiger partial charge in [0.15, 0.2) is 0 Å². The Kier molecular flexibility index (Phi) is 5.59. The van der Waals surface area contributed by atoms with Crippen LogP contribution < -0.4 is 0 Å². The van der Waals surface area contributed by atoms with Crippen molar-refractivity contribution in [2.24, 2.45) is 15.9 Å². The maximum Gasteiger partial charge on any atom is 0.209 e. The van der Waals surface area contributed by atoms with Gasteiger partial charge in [0, 0.05) is 8.07 Å². The Labute approximate surface area is 118 Å². The average molecular weight is 284 g/mol. The predicted octanol–water partition coefficient (Wildman–Crippen LogP) is 3.21. The minimum absolute atomic E-state index is 0.0115. The van der Waals surface area contributed by atoms with Gasteiger partial charge in [-0.15, -0.1) is 0 Å². The molecule has 0 aromatic heterocycles. The molecular formula is C14H28N2O2Si. The summed E-state index contributed by atoms with van der Waals surface area (Å²) in [5, 5.41) is 0. The van der Waals surface area contributed by atoms with Gasteiger partial charge in [-0.2, -0.15) is 0 Å². The van der Waals surface area contributed by atoms with Gasteiger partial charge in [0.2, 0.25) is 11.8 Å². The second-order valence-corrected chi connectivity index (χ2v) is 11.7. The molecule has 4 nitrogen and oxygen atoms in total. The first-order valence-electron chi connectivity index (χ1n) is 7.08. The molecule has 0 fully saturated rings. The zero-order valence-electron chi connectivity index (χ0n) is 13.4. The first kappa shape index (κ1) is 16.2. The maximum absolute atomic E-state index is 5.48. The highest BCUT2D eigenvalue weighted by Gasteiger charge is 2.34. The van der Waals surface area contributed by atoms with Crippen molar-refractivity contribution >= 4 is 19.9 Å². The molecule has 1 aliphatic rings. The molecule has 1 heterocycles. The van der Waals surface area contributed by atoms with Crippen molar-refractivity contribution in [1.82, 2.24) is 0 Å². The van der Waals surface area contributed by atoms with Crippen LogP contribution in [0.1, 0.15) is 20.8 Å². The molecule has 2 unspecified atom stereocenters. The highest BCUT2D eigenvalue weighted by atomic mass is 28.3. The first-order chi connectivity index (χ1) is 8.84. The molecule has 0 saturated heterocycles. The van der Waals surface area contributed by atoms with Crippen molar-refractivity contribution < 1.29 is 9.47 Å². The van der Waals surface area contributed by atoms with E-state index in [4.69, 9.17) is 19.5 Å². The van der Waals surface area contributed by atoms with Crippen molar-refractivity contribution in [2.45, 2.75) is 58.0 Å². The maximum atomic E-state index is 5.48. The molecular weight excluding hydrogens is 256 g/mol. The molecule has 0 amide bonds. The van der Waals surface area contributed by atoms with E-state index in [-0.39, 0.29) is 12.1 Å². The molecule has 2 atom stereocenters. The summed E-state index contributed by atoms with van der Waals surface area (Å²) >= 11 is 0. The van der Waals surface area contributed by atoms with Gasteiger partial charge in [0.25, 0.3) is 0 Å². The van der Waals surface area contributed by atoms with Crippen LogP contribution in [0.25, 0.3) is 0 Å². The van der Waals surface area contributed by atoms with Crippen LogP contribution in [0.3, 0.4) is 0 Å². The fourth-order valence-electron chi connectivity index (χ4n) is 2.16. The van der Waals surface area contributed by atoms with Crippen LogP contribution in [0.5, 0.6) is 0 Å². The van der Waals surface area contributed by atoms with E-state index in [1.807, 2.05) is 0 Å². The number of aliphatic imine (C=N–C) groups is 2. The number of hydrogen-bond acceptors (Lipinski definition) is 4. The Morgan fingerprint density at radius 1 is 1.11 bits per heavy atom. The van der Waals surface area contributed by atoms with E-state index in [1.165, 1.54) is 6.04 Å². The lowest BCUT2D eigenvalue weighted by atomic mass is 10.0. The van der Waals surface area contributed by atoms with Crippen LogP contribution in [-0.2, 0) is 9.47 Å². The molecule has 0 N–H and O–H groups in total. The summed E-state index contributed by atoms with van der Waals surface area (Å²) < 4.78 is 10.9. The molecule has 0 spiro atoms. The van der Waals surface area contributed by atoms with Crippen LogP contribution in [0.15, 0.2) is 9.98 Å². The summed E-state index contributed by atoms with van der Waals surface area (Å²) in [5.41, 5.74) is 0. The Morgan fingerprint density at radius 3 is 2.11 bits per heavy atom. The van der Waals surface area contributed by atoms with Gasteiger partial charge in [-0.25, -0.2) is 9.98 Å². The molecule has 110 valence electrons. The number of rotatable bonds is 4. The minimum atomic E-state index is -1.24. The molecule has 0 radical (unpaired) electrons. The summed E-state index contributed by atoms with van der Waals surface area (Å²) in [6.07, 6.45) is 0. The normalized spacial score (nSPS) is 24.0. The lowest BCUT2D eigenvalue weighted by Gasteiger charge is -2.30. The Morgan fingerprint density at radius 2 is 1.68 bits per heavy atom. The molecule has 0 saturated carbocycles. The smallest absolute Gasteiger partial charge is 0.209 e. The average Bonchev–Trinajstić information content (AvgIpc) is 2.37. The van der Waals surface area contributed by atoms with E-state index in [9.17, 15) is 0 Å². The number of methoxy groups -OCH3 is 2. The molecule has 0 aromatic carbocycles. The van der Waals surface area contributed by atoms with Crippen molar-refractivity contribution in [3.63, 3.8) is 0 Å². The van der Waals surface area contributed by atoms with Crippen molar-refractivity contribution in [3.05, 3.63) is 0 Å². The third-order valence-corrected chi connectivity index (χ3v) is 7.25. The van der Waals surface area contributed by atoms with E-state index in [0.29, 0.717) is 5.92 Å². The highest BCUT2D eigenvalue weighted by Crippen LogP contribution is 2.25. The van der Waals surface area contributed by atoms with Crippen molar-refractivity contribution in [3.8, 4) is 0 Å². The van der Waals surface area contributed by atoms with Crippen LogP contribution in [-0.4, -0.2) is 46.2 Å². The molecule has 5 heteroatoms. The van der Waals surface area contributed by atoms with Crippen molar-refractivity contribution in [2.75, 3.05) is 14.2 Å². The first-order valence-corrected chi connectivity index (χ1v) is 10.5. The molecule has 0 aliphatic carbocycles. The molecule has 0 aromatic rings.